The van der Waals surface area contributed by atoms with Gasteiger partial charge in [0.1, 0.15) is 11.5 Å². The van der Waals surface area contributed by atoms with Crippen LogP contribution in [0, 0.1) is 0 Å². The number of aliphatic hydroxyl groups excluding tert-OH is 1. The van der Waals surface area contributed by atoms with Crippen LogP contribution >= 0.6 is 23.2 Å². The summed E-state index contributed by atoms with van der Waals surface area (Å²) in [5, 5.41) is 12.0. The summed E-state index contributed by atoms with van der Waals surface area (Å²) < 4.78 is 11.1. The molecule has 1 N–H and O–H groups in total. The fourth-order valence-electron chi connectivity index (χ4n) is 4.43. The molecule has 2 aliphatic heterocycles. The lowest BCUT2D eigenvalue weighted by Crippen LogP contribution is -2.42. The van der Waals surface area contributed by atoms with Gasteiger partial charge < -0.3 is 19.5 Å². The number of hydrogen-bond donors (Lipinski definition) is 1. The Balaban J connectivity index is 1.68. The minimum absolute atomic E-state index is 0.00542. The van der Waals surface area contributed by atoms with Gasteiger partial charge in [-0.15, -0.1) is 0 Å². The summed E-state index contributed by atoms with van der Waals surface area (Å²) in [5.41, 5.74) is 0.952. The molecular formula is C27H30Cl2N2O5. The van der Waals surface area contributed by atoms with Crippen LogP contribution in [0.4, 0.5) is 0 Å². The van der Waals surface area contributed by atoms with Crippen LogP contribution in [0.2, 0.25) is 10.0 Å². The Morgan fingerprint density at radius 1 is 1.08 bits per heavy atom. The third-order valence-corrected chi connectivity index (χ3v) is 7.01. The van der Waals surface area contributed by atoms with Gasteiger partial charge in [-0.25, -0.2) is 0 Å². The third kappa shape index (κ3) is 5.86. The van der Waals surface area contributed by atoms with E-state index in [1.165, 1.54) is 4.90 Å². The molecule has 0 saturated carbocycles. The van der Waals surface area contributed by atoms with Crippen molar-refractivity contribution in [1.82, 2.24) is 9.80 Å². The second kappa shape index (κ2) is 12.1. The highest BCUT2D eigenvalue weighted by molar-refractivity contribution is 6.47. The molecule has 9 heteroatoms. The molecule has 0 aromatic heterocycles. The number of unbranched alkanes of at least 4 members (excludes halogenated alkanes) is 1. The van der Waals surface area contributed by atoms with E-state index in [-0.39, 0.29) is 11.3 Å². The molecule has 1 unspecified atom stereocenters. The average Bonchev–Trinajstić information content (AvgIpc) is 3.13. The third-order valence-electron chi connectivity index (χ3n) is 6.45. The van der Waals surface area contributed by atoms with Crippen molar-refractivity contribution < 1.29 is 24.2 Å². The van der Waals surface area contributed by atoms with Crippen LogP contribution in [0.25, 0.3) is 5.76 Å². The van der Waals surface area contributed by atoms with Crippen molar-refractivity contribution in [3.63, 3.8) is 0 Å². The number of amides is 1. The summed E-state index contributed by atoms with van der Waals surface area (Å²) in [4.78, 5) is 30.1. The fraction of sp³-hybridized carbons (Fsp3) is 0.407. The van der Waals surface area contributed by atoms with Crippen LogP contribution in [-0.2, 0) is 14.3 Å². The lowest BCUT2D eigenvalue weighted by molar-refractivity contribution is -0.140. The van der Waals surface area contributed by atoms with Crippen LogP contribution in [0.15, 0.2) is 48.0 Å². The monoisotopic (exact) mass is 532 g/mol. The number of morpholine rings is 1. The molecule has 4 rings (SSSR count). The van der Waals surface area contributed by atoms with Gasteiger partial charge in [-0.1, -0.05) is 42.6 Å². The van der Waals surface area contributed by atoms with Crippen molar-refractivity contribution in [2.45, 2.75) is 25.8 Å². The van der Waals surface area contributed by atoms with Crippen molar-refractivity contribution in [1.29, 1.82) is 0 Å². The maximum Gasteiger partial charge on any atom is 0.295 e. The maximum atomic E-state index is 13.2. The van der Waals surface area contributed by atoms with Crippen molar-refractivity contribution in [2.24, 2.45) is 0 Å². The van der Waals surface area contributed by atoms with Gasteiger partial charge >= 0.3 is 0 Å². The first kappa shape index (κ1) is 26.5. The number of halogens is 2. The molecular weight excluding hydrogens is 503 g/mol. The number of benzene rings is 2. The molecule has 0 radical (unpaired) electrons. The molecule has 1 amide bonds. The molecule has 0 spiro atoms. The van der Waals surface area contributed by atoms with Crippen LogP contribution in [-0.4, -0.2) is 72.6 Å². The number of ketones is 1. The lowest BCUT2D eigenvalue weighted by atomic mass is 9.95. The van der Waals surface area contributed by atoms with E-state index in [1.807, 2.05) is 0 Å². The SMILES string of the molecule is CCCCOc1ccc(/C(O)=C2\C(=O)C(=O)N(CCN3CCOCC3)C2c2ccc(Cl)cc2Cl)cc1. The van der Waals surface area contributed by atoms with Gasteiger partial charge in [0.05, 0.1) is 31.4 Å². The van der Waals surface area contributed by atoms with Gasteiger partial charge in [0.15, 0.2) is 0 Å². The first-order valence-corrected chi connectivity index (χ1v) is 12.9. The Hall–Kier alpha value is -2.58. The van der Waals surface area contributed by atoms with Crippen LogP contribution < -0.4 is 4.74 Å². The Kier molecular flexibility index (Phi) is 8.90. The zero-order chi connectivity index (χ0) is 25.7. The summed E-state index contributed by atoms with van der Waals surface area (Å²) in [6, 6.07) is 10.9. The second-order valence-electron chi connectivity index (χ2n) is 8.84. The molecule has 2 aliphatic rings. The number of likely N-dealkylation sites (tertiary alicyclic amines) is 1. The maximum absolute atomic E-state index is 13.2. The van der Waals surface area contributed by atoms with E-state index in [0.717, 1.165) is 25.9 Å². The standard InChI is InChI=1S/C27H30Cl2N2O5/c1-2-3-14-36-20-7-4-18(5-8-20)25(32)23-24(21-9-6-19(28)17-22(21)29)31(27(34)26(23)33)11-10-30-12-15-35-16-13-30/h4-9,17,24,32H,2-3,10-16H2,1H3/b25-23+. The molecule has 7 nitrogen and oxygen atoms in total. The lowest BCUT2D eigenvalue weighted by Gasteiger charge is -2.31. The summed E-state index contributed by atoms with van der Waals surface area (Å²) in [5.74, 6) is -0.990. The average molecular weight is 533 g/mol. The Labute approximate surface area is 221 Å². The minimum atomic E-state index is -0.837. The molecule has 2 saturated heterocycles. The molecule has 0 aliphatic carbocycles. The number of carbonyl (C=O) groups excluding carboxylic acids is 2. The van der Waals surface area contributed by atoms with E-state index in [4.69, 9.17) is 32.7 Å². The minimum Gasteiger partial charge on any atom is -0.507 e. The van der Waals surface area contributed by atoms with Gasteiger partial charge in [-0.3, -0.25) is 14.5 Å². The molecule has 2 aromatic carbocycles. The summed E-state index contributed by atoms with van der Waals surface area (Å²) in [6.45, 7) is 6.32. The van der Waals surface area contributed by atoms with Gasteiger partial charge in [0.25, 0.3) is 11.7 Å². The van der Waals surface area contributed by atoms with Crippen molar-refractivity contribution in [2.75, 3.05) is 46.0 Å². The quantitative estimate of drug-likeness (QED) is 0.213. The van der Waals surface area contributed by atoms with Crippen LogP contribution in [0.5, 0.6) is 5.75 Å². The number of hydrogen-bond acceptors (Lipinski definition) is 6. The summed E-state index contributed by atoms with van der Waals surface area (Å²) >= 11 is 12.6. The van der Waals surface area contributed by atoms with Crippen molar-refractivity contribution in [3.8, 4) is 5.75 Å². The molecule has 1 atom stereocenters. The highest BCUT2D eigenvalue weighted by Gasteiger charge is 2.46. The fourth-order valence-corrected chi connectivity index (χ4v) is 4.94. The number of aliphatic hydroxyl groups is 1. The molecule has 2 aromatic rings. The molecule has 0 bridgehead atoms. The number of carbonyl (C=O) groups is 2. The Bertz CT molecular complexity index is 1130. The second-order valence-corrected chi connectivity index (χ2v) is 9.68. The van der Waals surface area contributed by atoms with Crippen LogP contribution in [0.1, 0.15) is 36.9 Å². The molecule has 192 valence electrons. The van der Waals surface area contributed by atoms with E-state index in [9.17, 15) is 14.7 Å². The summed E-state index contributed by atoms with van der Waals surface area (Å²) in [7, 11) is 0. The normalized spacial score (nSPS) is 20.2. The van der Waals surface area contributed by atoms with Gasteiger partial charge in [-0.2, -0.15) is 0 Å². The highest BCUT2D eigenvalue weighted by atomic mass is 35.5. The first-order chi connectivity index (χ1) is 17.4. The van der Waals surface area contributed by atoms with Crippen molar-refractivity contribution in [3.05, 3.63) is 69.2 Å². The predicted octanol–water partition coefficient (Wildman–Crippen LogP) is 4.93. The topological polar surface area (TPSA) is 79.3 Å². The van der Waals surface area contributed by atoms with E-state index >= 15 is 0 Å². The number of nitrogens with zero attached hydrogens (tertiary/aromatic N) is 2. The highest BCUT2D eigenvalue weighted by Crippen LogP contribution is 2.42. The zero-order valence-corrected chi connectivity index (χ0v) is 21.7. The Morgan fingerprint density at radius 3 is 2.47 bits per heavy atom. The number of Topliss-reactive ketones (excluding diaryl/α,β-unsaturated/α-hetero) is 1. The van der Waals surface area contributed by atoms with E-state index < -0.39 is 17.7 Å². The first-order valence-electron chi connectivity index (χ1n) is 12.2. The van der Waals surface area contributed by atoms with Crippen molar-refractivity contribution >= 4 is 40.7 Å². The van der Waals surface area contributed by atoms with Gasteiger partial charge in [0, 0.05) is 41.8 Å². The molecule has 36 heavy (non-hydrogen) atoms. The van der Waals surface area contributed by atoms with Gasteiger partial charge in [-0.05, 0) is 48.4 Å². The van der Waals surface area contributed by atoms with E-state index in [2.05, 4.69) is 11.8 Å². The van der Waals surface area contributed by atoms with Crippen LogP contribution in [0.3, 0.4) is 0 Å². The Morgan fingerprint density at radius 2 is 1.81 bits per heavy atom. The summed E-state index contributed by atoms with van der Waals surface area (Å²) in [6.07, 6.45) is 1.97. The molecule has 2 heterocycles. The smallest absolute Gasteiger partial charge is 0.295 e. The van der Waals surface area contributed by atoms with E-state index in [0.29, 0.717) is 59.8 Å². The largest absolute Gasteiger partial charge is 0.507 e. The number of ether oxygens (including phenoxy) is 2. The predicted molar refractivity (Wildman–Crippen MR) is 140 cm³/mol. The number of rotatable bonds is 9. The zero-order valence-electron chi connectivity index (χ0n) is 20.2. The van der Waals surface area contributed by atoms with E-state index in [1.54, 1.807) is 42.5 Å². The molecule has 2 fully saturated rings. The van der Waals surface area contributed by atoms with Gasteiger partial charge in [0.2, 0.25) is 0 Å².